The van der Waals surface area contributed by atoms with E-state index in [0.29, 0.717) is 19.4 Å². The molecule has 0 spiro atoms. The lowest BCUT2D eigenvalue weighted by molar-refractivity contribution is -0.138. The zero-order valence-corrected chi connectivity index (χ0v) is 21.2. The fraction of sp³-hybridized carbons (Fsp3) is 0.385. The molecule has 4 amide bonds. The lowest BCUT2D eigenvalue weighted by atomic mass is 9.76. The summed E-state index contributed by atoms with van der Waals surface area (Å²) >= 11 is 0. The minimum atomic E-state index is -1.79. The number of hydrogen-bond donors (Lipinski definition) is 5. The van der Waals surface area contributed by atoms with Gasteiger partial charge in [-0.05, 0) is 37.3 Å². The third-order valence-corrected chi connectivity index (χ3v) is 6.21. The minimum absolute atomic E-state index is 0.0646. The normalized spacial score (nSPS) is 16.2. The Balaban J connectivity index is 1.46. The average Bonchev–Trinajstić information content (AvgIpc) is 3.41. The number of carbonyl (C=O) groups is 4. The van der Waals surface area contributed by atoms with Crippen LogP contribution in [0.15, 0.2) is 60.7 Å². The van der Waals surface area contributed by atoms with Crippen molar-refractivity contribution in [2.75, 3.05) is 13.1 Å². The molecule has 0 aliphatic carbocycles. The lowest BCUT2D eigenvalue weighted by Crippen LogP contribution is -2.56. The van der Waals surface area contributed by atoms with Crippen LogP contribution in [-0.4, -0.2) is 77.0 Å². The van der Waals surface area contributed by atoms with Crippen molar-refractivity contribution in [3.05, 3.63) is 71.8 Å². The number of ether oxygens (including phenoxy) is 1. The van der Waals surface area contributed by atoms with Gasteiger partial charge in [-0.3, -0.25) is 14.4 Å². The van der Waals surface area contributed by atoms with Gasteiger partial charge in [-0.1, -0.05) is 60.7 Å². The van der Waals surface area contributed by atoms with Gasteiger partial charge in [0.2, 0.25) is 17.7 Å². The van der Waals surface area contributed by atoms with E-state index in [1.807, 2.05) is 36.4 Å². The van der Waals surface area contributed by atoms with Gasteiger partial charge in [-0.25, -0.2) is 4.79 Å². The summed E-state index contributed by atoms with van der Waals surface area (Å²) in [5.41, 5.74) is 1.61. The van der Waals surface area contributed by atoms with Gasteiger partial charge in [0.25, 0.3) is 0 Å². The van der Waals surface area contributed by atoms with Crippen molar-refractivity contribution in [1.29, 1.82) is 0 Å². The van der Waals surface area contributed by atoms with Crippen molar-refractivity contribution in [2.45, 2.75) is 50.8 Å². The molecule has 1 saturated heterocycles. The molecule has 1 unspecified atom stereocenters. The Labute approximate surface area is 221 Å². The second kappa shape index (κ2) is 14.2. The number of nitrogens with one attached hydrogen (secondary N) is 3. The second-order valence-electron chi connectivity index (χ2n) is 9.11. The number of alkyl carbamates (subject to hydrolysis) is 1. The zero-order chi connectivity index (χ0) is 27.5. The summed E-state index contributed by atoms with van der Waals surface area (Å²) in [5, 5.41) is 27.0. The molecule has 5 N–H and O–H groups in total. The van der Waals surface area contributed by atoms with Crippen LogP contribution >= 0.6 is 0 Å². The molecular formula is C26H33BN4O7. The SMILES string of the molecule is C[C@H](NC(=O)[C@@H]1CCCN1C(=O)CNC(=O)OCc1ccccc1)C(=O)NC(Cc1ccccc1)B(O)O. The van der Waals surface area contributed by atoms with Crippen LogP contribution in [0.5, 0.6) is 0 Å². The predicted molar refractivity (Wildman–Crippen MR) is 139 cm³/mol. The van der Waals surface area contributed by atoms with Gasteiger partial charge in [-0.15, -0.1) is 0 Å². The van der Waals surface area contributed by atoms with Crippen LogP contribution < -0.4 is 16.0 Å². The molecular weight excluding hydrogens is 491 g/mol. The van der Waals surface area contributed by atoms with E-state index in [2.05, 4.69) is 16.0 Å². The molecule has 12 heteroatoms. The van der Waals surface area contributed by atoms with Gasteiger partial charge in [0.15, 0.2) is 0 Å². The maximum absolute atomic E-state index is 12.9. The average molecular weight is 524 g/mol. The second-order valence-corrected chi connectivity index (χ2v) is 9.11. The van der Waals surface area contributed by atoms with Gasteiger partial charge < -0.3 is 35.6 Å². The summed E-state index contributed by atoms with van der Waals surface area (Å²) in [6.45, 7) is 1.55. The van der Waals surface area contributed by atoms with Crippen LogP contribution in [0.2, 0.25) is 0 Å². The number of hydrogen-bond acceptors (Lipinski definition) is 7. The first kappa shape index (κ1) is 28.7. The number of likely N-dealkylation sites (tertiary alicyclic amines) is 1. The first-order valence-electron chi connectivity index (χ1n) is 12.5. The highest BCUT2D eigenvalue weighted by Gasteiger charge is 2.35. The number of carbonyl (C=O) groups excluding carboxylic acids is 4. The first-order valence-corrected chi connectivity index (χ1v) is 12.5. The largest absolute Gasteiger partial charge is 0.475 e. The quantitative estimate of drug-likeness (QED) is 0.262. The Morgan fingerprint density at radius 1 is 1.00 bits per heavy atom. The van der Waals surface area contributed by atoms with Crippen LogP contribution in [-0.2, 0) is 32.1 Å². The molecule has 0 radical (unpaired) electrons. The highest BCUT2D eigenvalue weighted by atomic mass is 16.5. The number of rotatable bonds is 11. The molecule has 11 nitrogen and oxygen atoms in total. The smallest absolute Gasteiger partial charge is 0.445 e. The summed E-state index contributed by atoms with van der Waals surface area (Å²) in [5.74, 6) is -2.51. The molecule has 1 heterocycles. The molecule has 1 fully saturated rings. The Morgan fingerprint density at radius 3 is 2.26 bits per heavy atom. The van der Waals surface area contributed by atoms with Gasteiger partial charge in [-0.2, -0.15) is 0 Å². The summed E-state index contributed by atoms with van der Waals surface area (Å²) in [6, 6.07) is 16.4. The van der Waals surface area contributed by atoms with Crippen molar-refractivity contribution in [3.8, 4) is 0 Å². The van der Waals surface area contributed by atoms with Crippen molar-refractivity contribution in [2.24, 2.45) is 0 Å². The summed E-state index contributed by atoms with van der Waals surface area (Å²) in [6.07, 6.45) is 0.454. The molecule has 2 aromatic carbocycles. The molecule has 3 rings (SSSR count). The maximum atomic E-state index is 12.9. The topological polar surface area (TPSA) is 157 Å². The highest BCUT2D eigenvalue weighted by molar-refractivity contribution is 6.43. The molecule has 1 aliphatic rings. The van der Waals surface area contributed by atoms with E-state index in [1.165, 1.54) is 11.8 Å². The Bertz CT molecular complexity index is 1090. The number of amides is 4. The van der Waals surface area contributed by atoms with E-state index in [1.54, 1.807) is 24.3 Å². The van der Waals surface area contributed by atoms with Gasteiger partial charge >= 0.3 is 13.2 Å². The minimum Gasteiger partial charge on any atom is -0.445 e. The monoisotopic (exact) mass is 524 g/mol. The third-order valence-electron chi connectivity index (χ3n) is 6.21. The Hall–Kier alpha value is -3.90. The summed E-state index contributed by atoms with van der Waals surface area (Å²) in [7, 11) is -1.79. The predicted octanol–water partition coefficient (Wildman–Crippen LogP) is 0.148. The molecule has 2 aromatic rings. The van der Waals surface area contributed by atoms with E-state index >= 15 is 0 Å². The van der Waals surface area contributed by atoms with Crippen molar-refractivity contribution in [3.63, 3.8) is 0 Å². The summed E-state index contributed by atoms with van der Waals surface area (Å²) in [4.78, 5) is 51.6. The van der Waals surface area contributed by atoms with E-state index in [9.17, 15) is 29.2 Å². The molecule has 0 saturated carbocycles. The van der Waals surface area contributed by atoms with Gasteiger partial charge in [0.05, 0.1) is 5.94 Å². The van der Waals surface area contributed by atoms with Gasteiger partial charge in [0.1, 0.15) is 25.2 Å². The highest BCUT2D eigenvalue weighted by Crippen LogP contribution is 2.17. The van der Waals surface area contributed by atoms with E-state index in [4.69, 9.17) is 4.74 Å². The summed E-state index contributed by atoms with van der Waals surface area (Å²) < 4.78 is 5.10. The fourth-order valence-electron chi connectivity index (χ4n) is 4.14. The maximum Gasteiger partial charge on any atom is 0.475 e. The van der Waals surface area contributed by atoms with Crippen LogP contribution in [0.1, 0.15) is 30.9 Å². The Morgan fingerprint density at radius 2 is 1.63 bits per heavy atom. The Kier molecular flexibility index (Phi) is 10.7. The van der Waals surface area contributed by atoms with Crippen molar-refractivity contribution in [1.82, 2.24) is 20.9 Å². The van der Waals surface area contributed by atoms with Crippen LogP contribution in [0.25, 0.3) is 0 Å². The molecule has 1 aliphatic heterocycles. The van der Waals surface area contributed by atoms with E-state index in [0.717, 1.165) is 11.1 Å². The van der Waals surface area contributed by atoms with Crippen molar-refractivity contribution >= 4 is 30.9 Å². The molecule has 0 aromatic heterocycles. The van der Waals surface area contributed by atoms with Crippen molar-refractivity contribution < 1.29 is 34.0 Å². The van der Waals surface area contributed by atoms with Crippen LogP contribution in [0.4, 0.5) is 4.79 Å². The molecule has 202 valence electrons. The fourth-order valence-corrected chi connectivity index (χ4v) is 4.14. The van der Waals surface area contributed by atoms with Crippen LogP contribution in [0.3, 0.4) is 0 Å². The third kappa shape index (κ3) is 8.60. The lowest BCUT2D eigenvalue weighted by Gasteiger charge is -2.26. The first-order chi connectivity index (χ1) is 18.2. The van der Waals surface area contributed by atoms with Crippen LogP contribution in [0, 0.1) is 0 Å². The van der Waals surface area contributed by atoms with E-state index in [-0.39, 0.29) is 19.6 Å². The standard InChI is InChI=1S/C26H33BN4O7/c1-18(24(33)30-22(27(36)37)15-19-9-4-2-5-10-19)29-25(34)21-13-8-14-31(21)23(32)16-28-26(35)38-17-20-11-6-3-7-12-20/h2-7,9-12,18,21-22,36-37H,8,13-17H2,1H3,(H,28,35)(H,29,34)(H,30,33)/t18-,21-,22?/m0/s1. The molecule has 0 bridgehead atoms. The van der Waals surface area contributed by atoms with E-state index < -0.39 is 49.0 Å². The van der Waals surface area contributed by atoms with Gasteiger partial charge in [0, 0.05) is 6.54 Å². The zero-order valence-electron chi connectivity index (χ0n) is 21.2. The molecule has 38 heavy (non-hydrogen) atoms. The number of nitrogens with zero attached hydrogens (tertiary/aromatic N) is 1. The number of benzene rings is 2. The molecule has 3 atom stereocenters.